The van der Waals surface area contributed by atoms with Crippen molar-refractivity contribution in [3.63, 3.8) is 0 Å². The van der Waals surface area contributed by atoms with Crippen LogP contribution in [0, 0.1) is 0 Å². The average molecular weight is 412 g/mol. The normalized spacial score (nSPS) is 15.0. The molecule has 1 aliphatic rings. The Morgan fingerprint density at radius 1 is 1.13 bits per heavy atom. The summed E-state index contributed by atoms with van der Waals surface area (Å²) in [6.45, 7) is 9.77. The predicted octanol–water partition coefficient (Wildman–Crippen LogP) is 5.01. The first-order valence-electron chi connectivity index (χ1n) is 10.0. The van der Waals surface area contributed by atoms with Crippen molar-refractivity contribution < 1.29 is 23.8 Å². The molecule has 7 heteroatoms. The highest BCUT2D eigenvalue weighted by Gasteiger charge is 2.23. The lowest BCUT2D eigenvalue weighted by atomic mass is 10.1. The monoisotopic (exact) mass is 412 g/mol. The van der Waals surface area contributed by atoms with Gasteiger partial charge in [0.05, 0.1) is 12.3 Å². The molecule has 160 valence electrons. The molecular weight excluding hydrogens is 384 g/mol. The number of amides is 2. The maximum Gasteiger partial charge on any atom is 0.412 e. The van der Waals surface area contributed by atoms with Crippen LogP contribution in [-0.4, -0.2) is 30.3 Å². The predicted molar refractivity (Wildman–Crippen MR) is 116 cm³/mol. The van der Waals surface area contributed by atoms with Crippen molar-refractivity contribution in [3.8, 4) is 11.5 Å². The van der Waals surface area contributed by atoms with Crippen molar-refractivity contribution in [2.75, 3.05) is 17.2 Å². The van der Waals surface area contributed by atoms with Crippen LogP contribution >= 0.6 is 0 Å². The zero-order valence-corrected chi connectivity index (χ0v) is 18.0. The standard InChI is InChI=1S/C23H28N2O5/c1-6-28-20-12-16-11-14(2)29-19(16)13-18(20)25-21(26)15-7-9-17(10-8-15)24-22(27)30-23(3,4)5/h7-10,12-14H,6,11H2,1-5H3,(H,24,27)(H,25,26). The Morgan fingerprint density at radius 3 is 2.47 bits per heavy atom. The van der Waals surface area contributed by atoms with Gasteiger partial charge in [0.25, 0.3) is 5.91 Å². The highest BCUT2D eigenvalue weighted by Crippen LogP contribution is 2.38. The molecule has 0 saturated carbocycles. The van der Waals surface area contributed by atoms with Crippen molar-refractivity contribution in [3.05, 3.63) is 47.5 Å². The first-order valence-corrected chi connectivity index (χ1v) is 10.0. The first-order chi connectivity index (χ1) is 14.1. The molecule has 2 amide bonds. The highest BCUT2D eigenvalue weighted by atomic mass is 16.6. The molecule has 1 heterocycles. The molecule has 1 aliphatic heterocycles. The molecule has 1 unspecified atom stereocenters. The summed E-state index contributed by atoms with van der Waals surface area (Å²) in [5.74, 6) is 1.09. The second-order valence-electron chi connectivity index (χ2n) is 8.18. The van der Waals surface area contributed by atoms with Gasteiger partial charge in [0, 0.05) is 29.3 Å². The van der Waals surface area contributed by atoms with E-state index in [-0.39, 0.29) is 12.0 Å². The van der Waals surface area contributed by atoms with Crippen LogP contribution in [-0.2, 0) is 11.2 Å². The minimum atomic E-state index is -0.584. The molecule has 0 spiro atoms. The van der Waals surface area contributed by atoms with E-state index in [0.717, 1.165) is 17.7 Å². The number of anilines is 2. The van der Waals surface area contributed by atoms with Gasteiger partial charge in [-0.2, -0.15) is 0 Å². The number of benzene rings is 2. The van der Waals surface area contributed by atoms with E-state index in [1.54, 1.807) is 51.1 Å². The van der Waals surface area contributed by atoms with Gasteiger partial charge in [0.1, 0.15) is 23.2 Å². The maximum absolute atomic E-state index is 12.7. The first kappa shape index (κ1) is 21.5. The lowest BCUT2D eigenvalue weighted by molar-refractivity contribution is 0.0636. The number of fused-ring (bicyclic) bond motifs is 1. The minimum Gasteiger partial charge on any atom is -0.492 e. The van der Waals surface area contributed by atoms with E-state index >= 15 is 0 Å². The Kier molecular flexibility index (Phi) is 6.20. The van der Waals surface area contributed by atoms with E-state index in [2.05, 4.69) is 10.6 Å². The lowest BCUT2D eigenvalue weighted by Gasteiger charge is -2.19. The van der Waals surface area contributed by atoms with E-state index < -0.39 is 11.7 Å². The number of ether oxygens (including phenoxy) is 3. The molecule has 2 N–H and O–H groups in total. The van der Waals surface area contributed by atoms with E-state index in [1.165, 1.54) is 0 Å². The summed E-state index contributed by atoms with van der Waals surface area (Å²) in [5.41, 5.74) is 2.03. The molecule has 0 aromatic heterocycles. The van der Waals surface area contributed by atoms with Gasteiger partial charge in [-0.15, -0.1) is 0 Å². The highest BCUT2D eigenvalue weighted by molar-refractivity contribution is 6.05. The van der Waals surface area contributed by atoms with Gasteiger partial charge in [0.15, 0.2) is 0 Å². The van der Waals surface area contributed by atoms with Gasteiger partial charge in [-0.1, -0.05) is 0 Å². The van der Waals surface area contributed by atoms with Gasteiger partial charge in [-0.05, 0) is 65.0 Å². The Hall–Kier alpha value is -3.22. The molecule has 0 fully saturated rings. The summed E-state index contributed by atoms with van der Waals surface area (Å²) >= 11 is 0. The van der Waals surface area contributed by atoms with Crippen LogP contribution in [0.15, 0.2) is 36.4 Å². The molecule has 0 radical (unpaired) electrons. The quantitative estimate of drug-likeness (QED) is 0.721. The van der Waals surface area contributed by atoms with E-state index in [4.69, 9.17) is 14.2 Å². The van der Waals surface area contributed by atoms with Gasteiger partial charge >= 0.3 is 6.09 Å². The fourth-order valence-electron chi connectivity index (χ4n) is 3.13. The summed E-state index contributed by atoms with van der Waals surface area (Å²) in [6, 6.07) is 10.3. The van der Waals surface area contributed by atoms with E-state index in [9.17, 15) is 9.59 Å². The number of carbonyl (C=O) groups excluding carboxylic acids is 2. The molecule has 2 aromatic rings. The Bertz CT molecular complexity index is 932. The van der Waals surface area contributed by atoms with Crippen molar-refractivity contribution in [1.82, 2.24) is 0 Å². The third-order valence-electron chi connectivity index (χ3n) is 4.34. The van der Waals surface area contributed by atoms with Crippen LogP contribution < -0.4 is 20.1 Å². The Morgan fingerprint density at radius 2 is 1.83 bits per heavy atom. The van der Waals surface area contributed by atoms with Crippen LogP contribution in [0.2, 0.25) is 0 Å². The largest absolute Gasteiger partial charge is 0.492 e. The minimum absolute atomic E-state index is 0.102. The molecule has 0 bridgehead atoms. The zero-order chi connectivity index (χ0) is 21.9. The van der Waals surface area contributed by atoms with Gasteiger partial charge < -0.3 is 19.5 Å². The molecule has 2 aromatic carbocycles. The van der Waals surface area contributed by atoms with Crippen LogP contribution in [0.3, 0.4) is 0 Å². The molecule has 0 saturated heterocycles. The summed E-state index contributed by atoms with van der Waals surface area (Å²) in [7, 11) is 0. The second kappa shape index (κ2) is 8.65. The van der Waals surface area contributed by atoms with Gasteiger partial charge in [-0.25, -0.2) is 4.79 Å². The molecule has 30 heavy (non-hydrogen) atoms. The van der Waals surface area contributed by atoms with Gasteiger partial charge in [0.2, 0.25) is 0 Å². The van der Waals surface area contributed by atoms with E-state index in [1.807, 2.05) is 19.9 Å². The van der Waals surface area contributed by atoms with Crippen molar-refractivity contribution >= 4 is 23.4 Å². The number of hydrogen-bond donors (Lipinski definition) is 2. The SMILES string of the molecule is CCOc1cc2c(cc1NC(=O)c1ccc(NC(=O)OC(C)(C)C)cc1)OC(C)C2. The number of hydrogen-bond acceptors (Lipinski definition) is 5. The summed E-state index contributed by atoms with van der Waals surface area (Å²) in [5, 5.41) is 5.53. The zero-order valence-electron chi connectivity index (χ0n) is 18.0. The molecule has 1 atom stereocenters. The van der Waals surface area contributed by atoms with Gasteiger partial charge in [-0.3, -0.25) is 10.1 Å². The third-order valence-corrected chi connectivity index (χ3v) is 4.34. The molecular formula is C23H28N2O5. The topological polar surface area (TPSA) is 85.9 Å². The number of nitrogens with one attached hydrogen (secondary N) is 2. The lowest BCUT2D eigenvalue weighted by Crippen LogP contribution is -2.27. The summed E-state index contributed by atoms with van der Waals surface area (Å²) < 4.78 is 16.7. The smallest absolute Gasteiger partial charge is 0.412 e. The van der Waals surface area contributed by atoms with Crippen molar-refractivity contribution in [2.24, 2.45) is 0 Å². The fraction of sp³-hybridized carbons (Fsp3) is 0.391. The third kappa shape index (κ3) is 5.43. The summed E-state index contributed by atoms with van der Waals surface area (Å²) in [4.78, 5) is 24.6. The molecule has 0 aliphatic carbocycles. The number of carbonyl (C=O) groups is 2. The van der Waals surface area contributed by atoms with Crippen LogP contribution in [0.5, 0.6) is 11.5 Å². The Balaban J connectivity index is 1.70. The van der Waals surface area contributed by atoms with Crippen LogP contribution in [0.4, 0.5) is 16.2 Å². The number of rotatable bonds is 5. The van der Waals surface area contributed by atoms with Crippen LogP contribution in [0.1, 0.15) is 50.5 Å². The van der Waals surface area contributed by atoms with Crippen molar-refractivity contribution in [1.29, 1.82) is 0 Å². The average Bonchev–Trinajstić information content (AvgIpc) is 3.00. The van der Waals surface area contributed by atoms with Crippen LogP contribution in [0.25, 0.3) is 0 Å². The summed E-state index contributed by atoms with van der Waals surface area (Å²) in [6.07, 6.45) is 0.370. The second-order valence-corrected chi connectivity index (χ2v) is 8.18. The molecule has 7 nitrogen and oxygen atoms in total. The van der Waals surface area contributed by atoms with E-state index in [0.29, 0.717) is 29.3 Å². The van der Waals surface area contributed by atoms with Crippen molar-refractivity contribution in [2.45, 2.75) is 52.7 Å². The fourth-order valence-corrected chi connectivity index (χ4v) is 3.13. The maximum atomic E-state index is 12.7. The molecule has 3 rings (SSSR count). The Labute approximate surface area is 176 Å².